The summed E-state index contributed by atoms with van der Waals surface area (Å²) in [5, 5.41) is -2.48. The van der Waals surface area contributed by atoms with Crippen LogP contribution in [0.15, 0.2) is 35.2 Å². The molecule has 0 saturated carbocycles. The van der Waals surface area contributed by atoms with E-state index in [1.165, 1.54) is 7.05 Å². The number of nitrogens with zero attached hydrogens (tertiary/aromatic N) is 1. The lowest BCUT2D eigenvalue weighted by atomic mass is 10.3. The molecule has 0 spiro atoms. The lowest BCUT2D eigenvalue weighted by Crippen LogP contribution is -2.35. The van der Waals surface area contributed by atoms with E-state index in [0.717, 1.165) is 4.90 Å². The Bertz CT molecular complexity index is 400. The average Bonchev–Trinajstić information content (AvgIpc) is 2.45. The van der Waals surface area contributed by atoms with E-state index in [1.807, 2.05) is 0 Å². The van der Waals surface area contributed by atoms with Crippen molar-refractivity contribution in [1.82, 2.24) is 4.90 Å². The maximum atomic E-state index is 14.2. The third kappa shape index (κ3) is 1.80. The third-order valence-electron chi connectivity index (χ3n) is 2.48. The zero-order valence-electron chi connectivity index (χ0n) is 8.69. The van der Waals surface area contributed by atoms with Crippen LogP contribution in [0.25, 0.3) is 0 Å². The van der Waals surface area contributed by atoms with Crippen LogP contribution in [0, 0.1) is 0 Å². The topological polar surface area (TPSA) is 20.3 Å². The summed E-state index contributed by atoms with van der Waals surface area (Å²) in [5.74, 6) is -0.797. The van der Waals surface area contributed by atoms with Crippen LogP contribution in [-0.4, -0.2) is 35.6 Å². The van der Waals surface area contributed by atoms with E-state index < -0.39 is 17.1 Å². The highest BCUT2D eigenvalue weighted by molar-refractivity contribution is 8.01. The first-order valence-electron chi connectivity index (χ1n) is 4.86. The van der Waals surface area contributed by atoms with Crippen LogP contribution in [0.4, 0.5) is 8.78 Å². The Hall–Kier alpha value is -1.10. The fourth-order valence-electron chi connectivity index (χ4n) is 1.60. The molecule has 0 aliphatic carbocycles. The first-order valence-corrected chi connectivity index (χ1v) is 5.68. The molecular formula is C11H11F2NOS. The largest absolute Gasteiger partial charge is 0.339 e. The molecule has 5 heteroatoms. The van der Waals surface area contributed by atoms with Crippen molar-refractivity contribution in [3.05, 3.63) is 30.3 Å². The fourth-order valence-corrected chi connectivity index (χ4v) is 2.68. The van der Waals surface area contributed by atoms with Gasteiger partial charge >= 0.3 is 0 Å². The Balaban J connectivity index is 2.23. The van der Waals surface area contributed by atoms with Crippen molar-refractivity contribution >= 4 is 17.7 Å². The number of hydrogen-bond donors (Lipinski definition) is 0. The summed E-state index contributed by atoms with van der Waals surface area (Å²) in [7, 11) is 1.40. The minimum Gasteiger partial charge on any atom is -0.339 e. The number of amides is 1. The number of halogens is 2. The van der Waals surface area contributed by atoms with Crippen molar-refractivity contribution in [1.29, 1.82) is 0 Å². The zero-order valence-corrected chi connectivity index (χ0v) is 9.51. The van der Waals surface area contributed by atoms with Gasteiger partial charge in [-0.25, -0.2) is 8.78 Å². The molecule has 1 unspecified atom stereocenters. The quantitative estimate of drug-likeness (QED) is 0.794. The molecule has 2 atom stereocenters. The maximum absolute atomic E-state index is 14.2. The average molecular weight is 243 g/mol. The summed E-state index contributed by atoms with van der Waals surface area (Å²) < 4.78 is 27.7. The van der Waals surface area contributed by atoms with E-state index >= 15 is 0 Å². The summed E-state index contributed by atoms with van der Waals surface area (Å²) in [4.78, 5) is 13.2. The standard InChI is InChI=1S/C11H11F2NOS/c1-14-7-9(12)11(13,10(14)15)16-8-5-3-2-4-6-8/h2-6,9H,7H2,1H3/t9?,11-/m0/s1. The molecule has 2 nitrogen and oxygen atoms in total. The molecule has 2 rings (SSSR count). The predicted octanol–water partition coefficient (Wildman–Crippen LogP) is 2.25. The minimum atomic E-state index is -2.48. The molecule has 1 amide bonds. The normalized spacial score (nSPS) is 29.8. The number of thioether (sulfide) groups is 1. The SMILES string of the molecule is CN1CC(F)[C@](F)(Sc2ccccc2)C1=O. The highest BCUT2D eigenvalue weighted by Crippen LogP contribution is 2.43. The van der Waals surface area contributed by atoms with Crippen LogP contribution >= 0.6 is 11.8 Å². The molecular weight excluding hydrogens is 232 g/mol. The molecule has 1 saturated heterocycles. The molecule has 86 valence electrons. The summed E-state index contributed by atoms with van der Waals surface area (Å²) >= 11 is 0.641. The molecule has 0 radical (unpaired) electrons. The van der Waals surface area contributed by atoms with E-state index in [-0.39, 0.29) is 6.54 Å². The molecule has 0 N–H and O–H groups in total. The van der Waals surface area contributed by atoms with Gasteiger partial charge in [0.25, 0.3) is 10.9 Å². The van der Waals surface area contributed by atoms with Crippen molar-refractivity contribution in [2.75, 3.05) is 13.6 Å². The van der Waals surface area contributed by atoms with Gasteiger partial charge in [0.15, 0.2) is 6.17 Å². The van der Waals surface area contributed by atoms with Gasteiger partial charge in [-0.15, -0.1) is 0 Å². The van der Waals surface area contributed by atoms with Gasteiger partial charge in [0.1, 0.15) is 0 Å². The highest BCUT2D eigenvalue weighted by atomic mass is 32.2. The summed E-state index contributed by atoms with van der Waals surface area (Å²) in [5.41, 5.74) is 0. The van der Waals surface area contributed by atoms with E-state index in [1.54, 1.807) is 30.3 Å². The Morgan fingerprint density at radius 1 is 1.44 bits per heavy atom. The summed E-state index contributed by atoms with van der Waals surface area (Å²) in [6.45, 7) is -0.185. The van der Waals surface area contributed by atoms with Crippen LogP contribution in [0.1, 0.15) is 0 Å². The number of hydrogen-bond acceptors (Lipinski definition) is 2. The summed E-state index contributed by atoms with van der Waals surface area (Å²) in [6.07, 6.45) is -1.78. The Labute approximate surface area is 96.6 Å². The smallest absolute Gasteiger partial charge is 0.274 e. The monoisotopic (exact) mass is 243 g/mol. The lowest BCUT2D eigenvalue weighted by Gasteiger charge is -2.18. The molecule has 1 aliphatic rings. The molecule has 0 bridgehead atoms. The number of rotatable bonds is 2. The van der Waals surface area contributed by atoms with Crippen LogP contribution in [0.2, 0.25) is 0 Å². The Morgan fingerprint density at radius 2 is 2.06 bits per heavy atom. The third-order valence-corrected chi connectivity index (χ3v) is 3.72. The van der Waals surface area contributed by atoms with Crippen LogP contribution in [0.3, 0.4) is 0 Å². The number of carbonyl (C=O) groups excluding carboxylic acids is 1. The highest BCUT2D eigenvalue weighted by Gasteiger charge is 2.55. The molecule has 1 aliphatic heterocycles. The number of alkyl halides is 2. The van der Waals surface area contributed by atoms with Gasteiger partial charge in [-0.05, 0) is 12.1 Å². The van der Waals surface area contributed by atoms with Crippen molar-refractivity contribution in [2.24, 2.45) is 0 Å². The van der Waals surface area contributed by atoms with E-state index in [2.05, 4.69) is 0 Å². The number of benzene rings is 1. The Morgan fingerprint density at radius 3 is 2.56 bits per heavy atom. The van der Waals surface area contributed by atoms with Crippen molar-refractivity contribution in [2.45, 2.75) is 16.1 Å². The van der Waals surface area contributed by atoms with E-state index in [0.29, 0.717) is 16.7 Å². The van der Waals surface area contributed by atoms with Gasteiger partial charge in [0.2, 0.25) is 0 Å². The van der Waals surface area contributed by atoms with Gasteiger partial charge in [-0.1, -0.05) is 30.0 Å². The van der Waals surface area contributed by atoms with Crippen LogP contribution in [0.5, 0.6) is 0 Å². The number of likely N-dealkylation sites (tertiary alicyclic amines) is 1. The number of carbonyl (C=O) groups is 1. The van der Waals surface area contributed by atoms with Gasteiger partial charge in [-0.2, -0.15) is 0 Å². The second kappa shape index (κ2) is 4.05. The lowest BCUT2D eigenvalue weighted by molar-refractivity contribution is -0.132. The predicted molar refractivity (Wildman–Crippen MR) is 58.7 cm³/mol. The molecule has 1 heterocycles. The van der Waals surface area contributed by atoms with Gasteiger partial charge in [0, 0.05) is 11.9 Å². The van der Waals surface area contributed by atoms with Crippen LogP contribution < -0.4 is 0 Å². The van der Waals surface area contributed by atoms with Gasteiger partial charge < -0.3 is 4.90 Å². The van der Waals surface area contributed by atoms with Crippen molar-refractivity contribution in [3.8, 4) is 0 Å². The second-order valence-corrected chi connectivity index (χ2v) is 4.98. The fraction of sp³-hybridized carbons (Fsp3) is 0.364. The van der Waals surface area contributed by atoms with Crippen molar-refractivity contribution < 1.29 is 13.6 Å². The van der Waals surface area contributed by atoms with Crippen LogP contribution in [-0.2, 0) is 4.79 Å². The first-order chi connectivity index (χ1) is 7.54. The first kappa shape index (κ1) is 11.4. The molecule has 1 fully saturated rings. The van der Waals surface area contributed by atoms with Gasteiger partial charge in [-0.3, -0.25) is 4.79 Å². The van der Waals surface area contributed by atoms with Gasteiger partial charge in [0.05, 0.1) is 6.54 Å². The maximum Gasteiger partial charge on any atom is 0.274 e. The summed E-state index contributed by atoms with van der Waals surface area (Å²) in [6, 6.07) is 8.54. The molecule has 1 aromatic carbocycles. The molecule has 0 aromatic heterocycles. The molecule has 1 aromatic rings. The Kier molecular flexibility index (Phi) is 2.88. The minimum absolute atomic E-state index is 0.185. The van der Waals surface area contributed by atoms with E-state index in [9.17, 15) is 13.6 Å². The second-order valence-electron chi connectivity index (χ2n) is 3.71. The van der Waals surface area contributed by atoms with E-state index in [4.69, 9.17) is 0 Å². The zero-order chi connectivity index (χ0) is 11.8. The van der Waals surface area contributed by atoms with Crippen molar-refractivity contribution in [3.63, 3.8) is 0 Å². The molecule has 16 heavy (non-hydrogen) atoms.